The maximum atomic E-state index is 13.7. The first kappa shape index (κ1) is 19.2. The Hall–Kier alpha value is -2.58. The van der Waals surface area contributed by atoms with Gasteiger partial charge in [0.2, 0.25) is 6.10 Å². The first-order chi connectivity index (χ1) is 12.6. The van der Waals surface area contributed by atoms with E-state index in [9.17, 15) is 22.4 Å². The van der Waals surface area contributed by atoms with E-state index < -0.39 is 29.6 Å². The van der Waals surface area contributed by atoms with Crippen molar-refractivity contribution < 1.29 is 32.2 Å². The van der Waals surface area contributed by atoms with Gasteiger partial charge in [-0.3, -0.25) is 0 Å². The largest absolute Gasteiger partial charge is 0.478 e. The number of rotatable bonds is 3. The van der Waals surface area contributed by atoms with E-state index in [-0.39, 0.29) is 34.0 Å². The number of aliphatic carboxylic acids is 1. The van der Waals surface area contributed by atoms with Crippen molar-refractivity contribution in [2.75, 3.05) is 0 Å². The second-order valence-corrected chi connectivity index (χ2v) is 6.26. The van der Waals surface area contributed by atoms with Gasteiger partial charge in [0.1, 0.15) is 11.6 Å². The Morgan fingerprint density at radius 3 is 2.56 bits per heavy atom. The molecule has 0 bridgehead atoms. The van der Waals surface area contributed by atoms with Crippen LogP contribution >= 0.6 is 11.6 Å². The highest BCUT2D eigenvalue weighted by molar-refractivity contribution is 6.31. The number of nitrogens with two attached hydrogens (primary N) is 1. The Balaban J connectivity index is 2.23. The highest BCUT2D eigenvalue weighted by atomic mass is 35.5. The van der Waals surface area contributed by atoms with E-state index in [0.29, 0.717) is 5.56 Å². The number of benzene rings is 2. The van der Waals surface area contributed by atoms with Gasteiger partial charge in [0, 0.05) is 28.3 Å². The van der Waals surface area contributed by atoms with E-state index in [0.717, 1.165) is 12.1 Å². The molecule has 1 atom stereocenters. The van der Waals surface area contributed by atoms with Gasteiger partial charge in [-0.2, -0.15) is 13.2 Å². The number of hydrogen-bond donors (Lipinski definition) is 2. The summed E-state index contributed by atoms with van der Waals surface area (Å²) in [5.74, 6) is -2.50. The molecule has 0 fully saturated rings. The minimum atomic E-state index is -4.94. The summed E-state index contributed by atoms with van der Waals surface area (Å²) in [6.45, 7) is -0.114. The summed E-state index contributed by atoms with van der Waals surface area (Å²) in [7, 11) is 0. The number of carbonyl (C=O) groups is 1. The number of carboxylic acids is 1. The van der Waals surface area contributed by atoms with Crippen LogP contribution in [0.5, 0.6) is 5.75 Å². The standard InChI is InChI=1S/C18H12ClF4NO3/c19-11-4-9-5-13(17(25)26)16(18(21,22)23)27-15(9)12(6-11)8-1-2-14(20)10(3-8)7-24/h1-6,16H,7,24H2,(H,25,26). The van der Waals surface area contributed by atoms with Gasteiger partial charge >= 0.3 is 12.1 Å². The van der Waals surface area contributed by atoms with Crippen LogP contribution in [0.15, 0.2) is 35.9 Å². The summed E-state index contributed by atoms with van der Waals surface area (Å²) in [5, 5.41) is 9.27. The van der Waals surface area contributed by atoms with Gasteiger partial charge in [-0.25, -0.2) is 9.18 Å². The molecule has 0 amide bonds. The summed E-state index contributed by atoms with van der Waals surface area (Å²) < 4.78 is 58.7. The molecule has 0 radical (unpaired) electrons. The van der Waals surface area contributed by atoms with E-state index in [4.69, 9.17) is 27.2 Å². The van der Waals surface area contributed by atoms with E-state index in [1.54, 1.807) is 0 Å². The summed E-state index contributed by atoms with van der Waals surface area (Å²) in [6, 6.07) is 6.52. The SMILES string of the molecule is NCc1cc(-c2cc(Cl)cc3c2OC(C(F)(F)F)C(C(=O)O)=C3)ccc1F. The van der Waals surface area contributed by atoms with E-state index >= 15 is 0 Å². The monoisotopic (exact) mass is 401 g/mol. The van der Waals surface area contributed by atoms with Crippen LogP contribution in [0, 0.1) is 5.82 Å². The van der Waals surface area contributed by atoms with Crippen LogP contribution in [0.4, 0.5) is 17.6 Å². The van der Waals surface area contributed by atoms with E-state index in [1.807, 2.05) is 0 Å². The van der Waals surface area contributed by atoms with Crippen molar-refractivity contribution in [1.29, 1.82) is 0 Å². The molecule has 1 aliphatic heterocycles. The molecule has 3 rings (SSSR count). The number of halogens is 5. The fraction of sp³-hybridized carbons (Fsp3) is 0.167. The van der Waals surface area contributed by atoms with E-state index in [1.165, 1.54) is 24.3 Å². The van der Waals surface area contributed by atoms with Gasteiger partial charge < -0.3 is 15.6 Å². The lowest BCUT2D eigenvalue weighted by Crippen LogP contribution is -2.40. The Kier molecular flexibility index (Phi) is 4.88. The predicted molar refractivity (Wildman–Crippen MR) is 90.8 cm³/mol. The van der Waals surface area contributed by atoms with Gasteiger partial charge in [0.05, 0.1) is 5.57 Å². The number of ether oxygens (including phenoxy) is 1. The third-order valence-electron chi connectivity index (χ3n) is 4.03. The van der Waals surface area contributed by atoms with Gasteiger partial charge in [0.25, 0.3) is 0 Å². The first-order valence-electron chi connectivity index (χ1n) is 7.62. The second-order valence-electron chi connectivity index (χ2n) is 5.83. The summed E-state index contributed by atoms with van der Waals surface area (Å²) in [5.41, 5.74) is 5.26. The van der Waals surface area contributed by atoms with Crippen LogP contribution in [-0.2, 0) is 11.3 Å². The molecular formula is C18H12ClF4NO3. The molecule has 1 aliphatic rings. The molecule has 1 heterocycles. The second kappa shape index (κ2) is 6.86. The van der Waals surface area contributed by atoms with Crippen LogP contribution < -0.4 is 10.5 Å². The molecular weight excluding hydrogens is 390 g/mol. The lowest BCUT2D eigenvalue weighted by molar-refractivity contribution is -0.187. The Labute approximate surface area is 155 Å². The van der Waals surface area contributed by atoms with Crippen LogP contribution in [0.1, 0.15) is 11.1 Å². The zero-order valence-corrected chi connectivity index (χ0v) is 14.2. The van der Waals surface area contributed by atoms with Crippen molar-refractivity contribution in [3.05, 3.63) is 57.9 Å². The molecule has 3 N–H and O–H groups in total. The molecule has 0 saturated carbocycles. The molecule has 1 unspecified atom stereocenters. The molecule has 0 aliphatic carbocycles. The van der Waals surface area contributed by atoms with Crippen molar-refractivity contribution >= 4 is 23.6 Å². The molecule has 0 spiro atoms. The quantitative estimate of drug-likeness (QED) is 0.748. The average Bonchev–Trinajstić information content (AvgIpc) is 2.59. The molecule has 0 aromatic heterocycles. The van der Waals surface area contributed by atoms with Crippen LogP contribution in [0.25, 0.3) is 17.2 Å². The zero-order valence-electron chi connectivity index (χ0n) is 13.5. The van der Waals surface area contributed by atoms with Crippen molar-refractivity contribution in [3.8, 4) is 16.9 Å². The molecule has 2 aromatic carbocycles. The Morgan fingerprint density at radius 2 is 1.96 bits per heavy atom. The zero-order chi connectivity index (χ0) is 19.9. The normalized spacial score (nSPS) is 16.4. The maximum Gasteiger partial charge on any atom is 0.430 e. The smallest absolute Gasteiger partial charge is 0.430 e. The lowest BCUT2D eigenvalue weighted by Gasteiger charge is -2.28. The van der Waals surface area contributed by atoms with Crippen LogP contribution in [0.2, 0.25) is 5.02 Å². The third kappa shape index (κ3) is 3.63. The topological polar surface area (TPSA) is 72.5 Å². The number of alkyl halides is 3. The summed E-state index contributed by atoms with van der Waals surface area (Å²) >= 11 is 6.04. The fourth-order valence-electron chi connectivity index (χ4n) is 2.81. The van der Waals surface area contributed by atoms with Crippen molar-refractivity contribution in [2.45, 2.75) is 18.8 Å². The van der Waals surface area contributed by atoms with Gasteiger partial charge in [0.15, 0.2) is 0 Å². The average molecular weight is 402 g/mol. The van der Waals surface area contributed by atoms with Gasteiger partial charge in [-0.15, -0.1) is 0 Å². The van der Waals surface area contributed by atoms with Crippen LogP contribution in [-0.4, -0.2) is 23.4 Å². The third-order valence-corrected chi connectivity index (χ3v) is 4.25. The maximum absolute atomic E-state index is 13.7. The Bertz CT molecular complexity index is 956. The summed E-state index contributed by atoms with van der Waals surface area (Å²) in [4.78, 5) is 11.2. The van der Waals surface area contributed by atoms with Crippen molar-refractivity contribution in [1.82, 2.24) is 0 Å². The predicted octanol–water partition coefficient (Wildman–Crippen LogP) is 4.40. The fourth-order valence-corrected chi connectivity index (χ4v) is 3.03. The molecule has 9 heteroatoms. The van der Waals surface area contributed by atoms with Gasteiger partial charge in [-0.05, 0) is 35.9 Å². The summed E-state index contributed by atoms with van der Waals surface area (Å²) in [6.07, 6.45) is -6.71. The number of hydrogen-bond acceptors (Lipinski definition) is 3. The van der Waals surface area contributed by atoms with Crippen molar-refractivity contribution in [2.24, 2.45) is 5.73 Å². The lowest BCUT2D eigenvalue weighted by atomic mass is 9.95. The highest BCUT2D eigenvalue weighted by Crippen LogP contribution is 2.44. The molecule has 142 valence electrons. The molecule has 27 heavy (non-hydrogen) atoms. The minimum absolute atomic E-state index is 0.0778. The Morgan fingerprint density at radius 1 is 1.26 bits per heavy atom. The molecule has 2 aromatic rings. The van der Waals surface area contributed by atoms with Crippen LogP contribution in [0.3, 0.4) is 0 Å². The molecule has 4 nitrogen and oxygen atoms in total. The highest BCUT2D eigenvalue weighted by Gasteiger charge is 2.48. The van der Waals surface area contributed by atoms with E-state index in [2.05, 4.69) is 0 Å². The minimum Gasteiger partial charge on any atom is -0.478 e. The van der Waals surface area contributed by atoms with Crippen molar-refractivity contribution in [3.63, 3.8) is 0 Å². The number of carboxylic acid groups (broad SMARTS) is 1. The molecule has 0 saturated heterocycles. The van der Waals surface area contributed by atoms with Gasteiger partial charge in [-0.1, -0.05) is 17.7 Å². The number of fused-ring (bicyclic) bond motifs is 1. The first-order valence-corrected chi connectivity index (χ1v) is 8.00.